The number of aryl methyl sites for hydroxylation is 1. The third kappa shape index (κ3) is 5.42. The predicted molar refractivity (Wildman–Crippen MR) is 199 cm³/mol. The van der Waals surface area contributed by atoms with Crippen LogP contribution in [0, 0.1) is 6.92 Å². The van der Waals surface area contributed by atoms with Crippen LogP contribution in [0.3, 0.4) is 0 Å². The second kappa shape index (κ2) is 11.2. The normalized spacial score (nSPS) is 15.1. The molecule has 2 N–H and O–H groups in total. The Hall–Kier alpha value is -4.68. The number of Topliss-reactive ketones (excluding diaryl/α,β-unsaturated/α-hetero) is 1. The number of aromatic nitrogens is 1. The van der Waals surface area contributed by atoms with E-state index in [0.29, 0.717) is 16.0 Å². The minimum Gasteiger partial charge on any atom is -0.506 e. The van der Waals surface area contributed by atoms with E-state index in [2.05, 4.69) is 89.1 Å². The van der Waals surface area contributed by atoms with Crippen molar-refractivity contribution in [3.63, 3.8) is 0 Å². The highest BCUT2D eigenvalue weighted by Crippen LogP contribution is 2.44. The first-order chi connectivity index (χ1) is 22.3. The fraction of sp³-hybridized carbons (Fsp3) is 0.286. The number of carbonyl (C=O) groups is 2. The van der Waals surface area contributed by atoms with Crippen LogP contribution in [0.15, 0.2) is 96.3 Å². The molecule has 6 heteroatoms. The summed E-state index contributed by atoms with van der Waals surface area (Å²) in [7, 11) is 0. The van der Waals surface area contributed by atoms with Crippen LogP contribution in [0.5, 0.6) is 0 Å². The van der Waals surface area contributed by atoms with Gasteiger partial charge in [0.15, 0.2) is 0 Å². The topological polar surface area (TPSA) is 79.5 Å². The van der Waals surface area contributed by atoms with Crippen LogP contribution in [0.2, 0.25) is 0 Å². The minimum absolute atomic E-state index is 0.00200. The number of carboxylic acid groups (broad SMARTS) is 1. The lowest BCUT2D eigenvalue weighted by atomic mass is 9.74. The maximum Gasteiger partial charge on any atom is 0.335 e. The van der Waals surface area contributed by atoms with Crippen LogP contribution >= 0.6 is 11.3 Å². The van der Waals surface area contributed by atoms with Crippen LogP contribution in [0.4, 0.5) is 0 Å². The lowest BCUT2D eigenvalue weighted by molar-refractivity contribution is -0.111. The lowest BCUT2D eigenvalue weighted by Crippen LogP contribution is -2.24. The van der Waals surface area contributed by atoms with Gasteiger partial charge in [-0.05, 0) is 100 Å². The van der Waals surface area contributed by atoms with Gasteiger partial charge in [-0.1, -0.05) is 80.2 Å². The molecule has 2 heterocycles. The summed E-state index contributed by atoms with van der Waals surface area (Å²) in [5.74, 6) is -1.29. The third-order valence-electron chi connectivity index (χ3n) is 9.80. The molecule has 6 rings (SSSR count). The Bertz CT molecular complexity index is 2190. The van der Waals surface area contributed by atoms with Gasteiger partial charge < -0.3 is 14.8 Å². The number of fused-ring (bicyclic) bond motifs is 3. The van der Waals surface area contributed by atoms with Gasteiger partial charge in [0.25, 0.3) is 0 Å². The summed E-state index contributed by atoms with van der Waals surface area (Å²) < 4.78 is 2.26. The number of aromatic carboxylic acids is 1. The van der Waals surface area contributed by atoms with E-state index in [9.17, 15) is 19.8 Å². The van der Waals surface area contributed by atoms with Crippen LogP contribution < -0.4 is 0 Å². The second-order valence-corrected chi connectivity index (χ2v) is 16.6. The second-order valence-electron chi connectivity index (χ2n) is 15.5. The lowest BCUT2D eigenvalue weighted by Gasteiger charge is -2.30. The van der Waals surface area contributed by atoms with Gasteiger partial charge in [0.2, 0.25) is 5.78 Å². The molecule has 246 valence electrons. The first-order valence-corrected chi connectivity index (χ1v) is 17.1. The molecule has 48 heavy (non-hydrogen) atoms. The number of hydrogen-bond donors (Lipinski definition) is 2. The molecule has 2 aromatic heterocycles. The largest absolute Gasteiger partial charge is 0.506 e. The standard InChI is InChI=1S/C42H43NO4S/c1-23-11-12-25(39(46)47)20-31(23)42(9,10)24(2)19-30-37(44)36(38(30)45)34-17-18-35(48-34)43-32-15-13-26(40(3,4)5)21-28(32)29-22-27(41(6,7)8)14-16-33(29)43/h11-22,44H,2H2,1,3-10H3,(H,46,47)/b30-19+. The van der Waals surface area contributed by atoms with Gasteiger partial charge in [0, 0.05) is 21.1 Å². The smallest absolute Gasteiger partial charge is 0.335 e. The van der Waals surface area contributed by atoms with E-state index < -0.39 is 11.4 Å². The number of rotatable bonds is 6. The summed E-state index contributed by atoms with van der Waals surface area (Å²) >= 11 is 1.48. The summed E-state index contributed by atoms with van der Waals surface area (Å²) in [5, 5.41) is 24.1. The van der Waals surface area contributed by atoms with Crippen molar-refractivity contribution < 1.29 is 19.8 Å². The zero-order valence-corrected chi connectivity index (χ0v) is 30.0. The Morgan fingerprint density at radius 2 is 1.38 bits per heavy atom. The average Bonchev–Trinajstić information content (AvgIpc) is 3.60. The number of benzene rings is 3. The summed E-state index contributed by atoms with van der Waals surface area (Å²) in [5.41, 5.74) is 7.09. The van der Waals surface area contributed by atoms with Crippen molar-refractivity contribution in [2.24, 2.45) is 0 Å². The number of ketones is 1. The molecule has 0 spiro atoms. The van der Waals surface area contributed by atoms with E-state index in [1.807, 2.05) is 32.9 Å². The van der Waals surface area contributed by atoms with E-state index >= 15 is 0 Å². The van der Waals surface area contributed by atoms with Crippen molar-refractivity contribution in [2.75, 3.05) is 0 Å². The highest BCUT2D eigenvalue weighted by molar-refractivity contribution is 7.16. The molecule has 5 aromatic rings. The molecule has 0 fully saturated rings. The molecule has 1 aliphatic carbocycles. The molecule has 0 unspecified atom stereocenters. The van der Waals surface area contributed by atoms with Gasteiger partial charge in [-0.3, -0.25) is 4.79 Å². The highest BCUT2D eigenvalue weighted by atomic mass is 32.1. The number of hydrogen-bond acceptors (Lipinski definition) is 4. The molecule has 3 aromatic carbocycles. The molecule has 0 saturated heterocycles. The van der Waals surface area contributed by atoms with Crippen molar-refractivity contribution >= 4 is 50.5 Å². The van der Waals surface area contributed by atoms with Gasteiger partial charge in [-0.15, -0.1) is 11.3 Å². The van der Waals surface area contributed by atoms with Crippen molar-refractivity contribution in [1.29, 1.82) is 0 Å². The average molecular weight is 658 g/mol. The fourth-order valence-electron chi connectivity index (χ4n) is 6.52. The summed E-state index contributed by atoms with van der Waals surface area (Å²) in [6, 6.07) is 22.3. The van der Waals surface area contributed by atoms with E-state index in [0.717, 1.165) is 27.2 Å². The number of thiophene rings is 1. The molecule has 0 saturated carbocycles. The minimum atomic E-state index is -1.00. The van der Waals surface area contributed by atoms with Crippen molar-refractivity contribution in [1.82, 2.24) is 4.57 Å². The summed E-state index contributed by atoms with van der Waals surface area (Å²) in [6.07, 6.45) is 1.63. The van der Waals surface area contributed by atoms with Gasteiger partial charge >= 0.3 is 5.97 Å². The van der Waals surface area contributed by atoms with Crippen LogP contribution in [-0.2, 0) is 21.0 Å². The zero-order valence-electron chi connectivity index (χ0n) is 29.2. The van der Waals surface area contributed by atoms with Gasteiger partial charge in [0.1, 0.15) is 10.8 Å². The van der Waals surface area contributed by atoms with E-state index in [1.54, 1.807) is 24.3 Å². The Morgan fingerprint density at radius 1 is 0.812 bits per heavy atom. The zero-order chi connectivity index (χ0) is 35.1. The molecule has 5 nitrogen and oxygen atoms in total. The summed E-state index contributed by atoms with van der Waals surface area (Å²) in [4.78, 5) is 25.9. The number of carboxylic acids is 1. The molecular formula is C42H43NO4S. The Morgan fingerprint density at radius 3 is 1.88 bits per heavy atom. The van der Waals surface area contributed by atoms with Gasteiger partial charge in [0.05, 0.1) is 27.7 Å². The Kier molecular flexibility index (Phi) is 7.75. The number of nitrogens with zero attached hydrogens (tertiary/aromatic N) is 1. The van der Waals surface area contributed by atoms with E-state index in [1.165, 1.54) is 33.2 Å². The first kappa shape index (κ1) is 33.2. The molecule has 0 bridgehead atoms. The quantitative estimate of drug-likeness (QED) is 0.178. The van der Waals surface area contributed by atoms with E-state index in [4.69, 9.17) is 0 Å². The van der Waals surface area contributed by atoms with Gasteiger partial charge in [-0.25, -0.2) is 4.79 Å². The van der Waals surface area contributed by atoms with Crippen LogP contribution in [-0.4, -0.2) is 26.5 Å². The fourth-order valence-corrected chi connectivity index (χ4v) is 7.59. The monoisotopic (exact) mass is 657 g/mol. The number of carbonyl (C=O) groups excluding carboxylic acids is 1. The number of aliphatic hydroxyl groups is 1. The van der Waals surface area contributed by atoms with Crippen molar-refractivity contribution in [2.45, 2.75) is 78.6 Å². The SMILES string of the molecule is C=C(/C=C1/C(=O)C(c2ccc(-n3c4ccc(C(C)(C)C)cc4c4cc(C(C)(C)C)ccc43)s2)=C1O)C(C)(C)c1cc(C(=O)O)ccc1C. The number of aliphatic hydroxyl groups excluding tert-OH is 1. The molecule has 0 aliphatic heterocycles. The van der Waals surface area contributed by atoms with Crippen LogP contribution in [0.25, 0.3) is 32.4 Å². The highest BCUT2D eigenvalue weighted by Gasteiger charge is 2.37. The Labute approximate surface area is 286 Å². The molecule has 0 amide bonds. The predicted octanol–water partition coefficient (Wildman–Crippen LogP) is 10.8. The maximum absolute atomic E-state index is 13.6. The van der Waals surface area contributed by atoms with Crippen LogP contribution in [0.1, 0.15) is 92.9 Å². The van der Waals surface area contributed by atoms with E-state index in [-0.39, 0.29) is 33.5 Å². The third-order valence-corrected chi connectivity index (χ3v) is 10.9. The molecule has 0 atom stereocenters. The van der Waals surface area contributed by atoms with Crippen molar-refractivity contribution in [3.05, 3.63) is 129 Å². The summed E-state index contributed by atoms with van der Waals surface area (Å²) in [6.45, 7) is 23.4. The van der Waals surface area contributed by atoms with Crippen molar-refractivity contribution in [3.8, 4) is 5.00 Å². The molecular weight excluding hydrogens is 615 g/mol. The Balaban J connectivity index is 1.40. The maximum atomic E-state index is 13.6. The number of allylic oxidation sites excluding steroid dienone is 4. The van der Waals surface area contributed by atoms with Gasteiger partial charge in [-0.2, -0.15) is 0 Å². The molecule has 0 radical (unpaired) electrons. The molecule has 1 aliphatic rings. The first-order valence-electron chi connectivity index (χ1n) is 16.2.